The maximum atomic E-state index is 12.7. The summed E-state index contributed by atoms with van der Waals surface area (Å²) in [6.07, 6.45) is 0.262. The van der Waals surface area contributed by atoms with Gasteiger partial charge in [0.05, 0.1) is 11.1 Å². The number of amides is 4. The minimum Gasteiger partial charge on any atom is -0.381 e. The summed E-state index contributed by atoms with van der Waals surface area (Å²) in [5.41, 5.74) is 1.28. The minimum atomic E-state index is -0.940. The molecule has 2 aliphatic rings. The summed E-state index contributed by atoms with van der Waals surface area (Å²) in [4.78, 5) is 49.5. The Morgan fingerprint density at radius 1 is 1.20 bits per heavy atom. The van der Waals surface area contributed by atoms with Gasteiger partial charge in [0, 0.05) is 24.7 Å². The molecule has 8 heteroatoms. The van der Waals surface area contributed by atoms with Crippen molar-refractivity contribution >= 4 is 29.3 Å². The fourth-order valence-corrected chi connectivity index (χ4v) is 3.20. The number of likely N-dealkylation sites (N-methyl/N-ethyl adjacent to an activating group) is 1. The van der Waals surface area contributed by atoms with Gasteiger partial charge in [-0.25, -0.2) is 0 Å². The van der Waals surface area contributed by atoms with Gasteiger partial charge < -0.3 is 10.6 Å². The highest BCUT2D eigenvalue weighted by Crippen LogP contribution is 2.29. The van der Waals surface area contributed by atoms with Gasteiger partial charge in [0.1, 0.15) is 6.04 Å². The van der Waals surface area contributed by atoms with Crippen LogP contribution in [-0.2, 0) is 9.59 Å². The zero-order valence-electron chi connectivity index (χ0n) is 14.1. The molecule has 0 aromatic heterocycles. The first-order valence-corrected chi connectivity index (χ1v) is 8.19. The molecule has 25 heavy (non-hydrogen) atoms. The number of anilines is 1. The summed E-state index contributed by atoms with van der Waals surface area (Å²) in [5.74, 6) is -1.99. The Hall–Kier alpha value is -2.74. The molecule has 0 aliphatic carbocycles. The van der Waals surface area contributed by atoms with Crippen LogP contribution in [0.2, 0.25) is 0 Å². The average Bonchev–Trinajstić information content (AvgIpc) is 2.79. The van der Waals surface area contributed by atoms with Crippen LogP contribution >= 0.6 is 0 Å². The molecular formula is C17H20N4O4. The van der Waals surface area contributed by atoms with Crippen molar-refractivity contribution in [2.75, 3.05) is 18.9 Å². The summed E-state index contributed by atoms with van der Waals surface area (Å²) < 4.78 is 0. The molecule has 2 atom stereocenters. The van der Waals surface area contributed by atoms with E-state index >= 15 is 0 Å². The Labute approximate surface area is 144 Å². The van der Waals surface area contributed by atoms with E-state index in [1.54, 1.807) is 18.2 Å². The standard InChI is InChI=1S/C17H20N4O4/c1-9(8-18-2)19-10-3-4-11-12(7-10)17(25)21(16(11)24)13-5-6-14(22)20-15(13)23/h3-4,7,9,13,18-19H,5-6,8H2,1-2H3,(H,20,22,23). The van der Waals surface area contributed by atoms with Crippen molar-refractivity contribution in [2.24, 2.45) is 0 Å². The second kappa shape index (κ2) is 6.64. The summed E-state index contributed by atoms with van der Waals surface area (Å²) in [5, 5.41) is 8.48. The van der Waals surface area contributed by atoms with E-state index in [0.29, 0.717) is 0 Å². The Morgan fingerprint density at radius 2 is 1.92 bits per heavy atom. The number of nitrogens with zero attached hydrogens (tertiary/aromatic N) is 1. The summed E-state index contributed by atoms with van der Waals surface area (Å²) in [6, 6.07) is 4.17. The Kier molecular flexibility index (Phi) is 4.54. The van der Waals surface area contributed by atoms with E-state index < -0.39 is 23.8 Å². The number of hydrogen-bond donors (Lipinski definition) is 3. The SMILES string of the molecule is CNCC(C)Nc1ccc2c(c1)C(=O)N(C1CCC(=O)NC1=O)C2=O. The lowest BCUT2D eigenvalue weighted by molar-refractivity contribution is -0.136. The van der Waals surface area contributed by atoms with Crippen molar-refractivity contribution in [1.29, 1.82) is 0 Å². The van der Waals surface area contributed by atoms with Gasteiger partial charge in [0.15, 0.2) is 0 Å². The number of carbonyl (C=O) groups is 4. The molecule has 1 fully saturated rings. The van der Waals surface area contributed by atoms with Crippen LogP contribution in [0.5, 0.6) is 0 Å². The van der Waals surface area contributed by atoms with Crippen molar-refractivity contribution in [3.63, 3.8) is 0 Å². The molecular weight excluding hydrogens is 324 g/mol. The van der Waals surface area contributed by atoms with Crippen LogP contribution < -0.4 is 16.0 Å². The molecule has 4 amide bonds. The first-order valence-electron chi connectivity index (χ1n) is 8.19. The molecule has 0 saturated carbocycles. The fourth-order valence-electron chi connectivity index (χ4n) is 3.20. The molecule has 2 aliphatic heterocycles. The molecule has 3 rings (SSSR count). The first-order chi connectivity index (χ1) is 11.9. The third kappa shape index (κ3) is 3.12. The second-order valence-electron chi connectivity index (χ2n) is 6.31. The largest absolute Gasteiger partial charge is 0.381 e. The van der Waals surface area contributed by atoms with Gasteiger partial charge in [-0.15, -0.1) is 0 Å². The van der Waals surface area contributed by atoms with Gasteiger partial charge in [0.2, 0.25) is 11.8 Å². The number of carbonyl (C=O) groups excluding carboxylic acids is 4. The highest BCUT2D eigenvalue weighted by atomic mass is 16.2. The Morgan fingerprint density at radius 3 is 2.60 bits per heavy atom. The minimum absolute atomic E-state index is 0.109. The third-order valence-corrected chi connectivity index (χ3v) is 4.36. The highest BCUT2D eigenvalue weighted by molar-refractivity contribution is 6.23. The molecule has 2 heterocycles. The lowest BCUT2D eigenvalue weighted by atomic mass is 10.0. The molecule has 1 aromatic rings. The molecule has 0 radical (unpaired) electrons. The molecule has 132 valence electrons. The van der Waals surface area contributed by atoms with Crippen LogP contribution in [0.4, 0.5) is 5.69 Å². The zero-order valence-corrected chi connectivity index (χ0v) is 14.1. The number of piperidine rings is 1. The van der Waals surface area contributed by atoms with Gasteiger partial charge in [-0.2, -0.15) is 0 Å². The van der Waals surface area contributed by atoms with E-state index in [-0.39, 0.29) is 35.9 Å². The van der Waals surface area contributed by atoms with Crippen molar-refractivity contribution in [3.8, 4) is 0 Å². The third-order valence-electron chi connectivity index (χ3n) is 4.36. The van der Waals surface area contributed by atoms with E-state index in [1.165, 1.54) is 0 Å². The normalized spacial score (nSPS) is 21.2. The number of fused-ring (bicyclic) bond motifs is 1. The van der Waals surface area contributed by atoms with Gasteiger partial charge in [-0.1, -0.05) is 0 Å². The molecule has 8 nitrogen and oxygen atoms in total. The smallest absolute Gasteiger partial charge is 0.262 e. The fraction of sp³-hybridized carbons (Fsp3) is 0.412. The van der Waals surface area contributed by atoms with E-state index in [9.17, 15) is 19.2 Å². The van der Waals surface area contributed by atoms with Crippen molar-refractivity contribution < 1.29 is 19.2 Å². The lowest BCUT2D eigenvalue weighted by Crippen LogP contribution is -2.54. The average molecular weight is 344 g/mol. The van der Waals surface area contributed by atoms with Crippen LogP contribution in [0.25, 0.3) is 0 Å². The van der Waals surface area contributed by atoms with Gasteiger partial charge in [-0.3, -0.25) is 29.4 Å². The van der Waals surface area contributed by atoms with Crippen molar-refractivity contribution in [3.05, 3.63) is 29.3 Å². The van der Waals surface area contributed by atoms with E-state index in [2.05, 4.69) is 16.0 Å². The van der Waals surface area contributed by atoms with Crippen LogP contribution in [0.1, 0.15) is 40.5 Å². The van der Waals surface area contributed by atoms with E-state index in [4.69, 9.17) is 0 Å². The van der Waals surface area contributed by atoms with Crippen LogP contribution in [0.15, 0.2) is 18.2 Å². The molecule has 1 saturated heterocycles. The predicted octanol–water partition coefficient (Wildman–Crippen LogP) is 0.108. The monoisotopic (exact) mass is 344 g/mol. The van der Waals surface area contributed by atoms with E-state index in [0.717, 1.165) is 17.1 Å². The maximum Gasteiger partial charge on any atom is 0.262 e. The zero-order chi connectivity index (χ0) is 18.1. The molecule has 3 N–H and O–H groups in total. The van der Waals surface area contributed by atoms with Crippen LogP contribution in [0.3, 0.4) is 0 Å². The second-order valence-corrected chi connectivity index (χ2v) is 6.31. The summed E-state index contributed by atoms with van der Waals surface area (Å²) in [7, 11) is 1.85. The molecule has 0 spiro atoms. The quantitative estimate of drug-likeness (QED) is 0.654. The van der Waals surface area contributed by atoms with Gasteiger partial charge >= 0.3 is 0 Å². The van der Waals surface area contributed by atoms with Crippen molar-refractivity contribution in [2.45, 2.75) is 31.8 Å². The van der Waals surface area contributed by atoms with Gasteiger partial charge in [0.25, 0.3) is 11.8 Å². The van der Waals surface area contributed by atoms with Crippen molar-refractivity contribution in [1.82, 2.24) is 15.5 Å². The molecule has 0 bridgehead atoms. The highest BCUT2D eigenvalue weighted by Gasteiger charge is 2.44. The summed E-state index contributed by atoms with van der Waals surface area (Å²) in [6.45, 7) is 2.73. The predicted molar refractivity (Wildman–Crippen MR) is 90.1 cm³/mol. The lowest BCUT2D eigenvalue weighted by Gasteiger charge is -2.27. The Balaban J connectivity index is 1.84. The molecule has 1 aromatic carbocycles. The molecule has 2 unspecified atom stereocenters. The van der Waals surface area contributed by atoms with Gasteiger partial charge in [-0.05, 0) is 38.6 Å². The summed E-state index contributed by atoms with van der Waals surface area (Å²) >= 11 is 0. The number of benzene rings is 1. The maximum absolute atomic E-state index is 12.7. The van der Waals surface area contributed by atoms with E-state index in [1.807, 2.05) is 14.0 Å². The number of nitrogens with one attached hydrogen (secondary N) is 3. The first kappa shape index (κ1) is 17.1. The number of imide groups is 2. The number of hydrogen-bond acceptors (Lipinski definition) is 6. The topological polar surface area (TPSA) is 108 Å². The Bertz CT molecular complexity index is 761. The van der Waals surface area contributed by atoms with Crippen LogP contribution in [-0.4, -0.2) is 54.2 Å². The number of rotatable bonds is 5. The van der Waals surface area contributed by atoms with Crippen LogP contribution in [0, 0.1) is 0 Å².